The number of hydrogen-bond donors (Lipinski definition) is 1. The SMILES string of the molecule is CC(=O)CC(=O)Nc1c(C)cccc1C. The van der Waals surface area contributed by atoms with Gasteiger partial charge in [0.1, 0.15) is 5.78 Å². The van der Waals surface area contributed by atoms with E-state index in [0.29, 0.717) is 0 Å². The van der Waals surface area contributed by atoms with Crippen LogP contribution in [0.15, 0.2) is 18.2 Å². The van der Waals surface area contributed by atoms with Crippen LogP contribution in [0.3, 0.4) is 0 Å². The molecular weight excluding hydrogens is 190 g/mol. The van der Waals surface area contributed by atoms with Crippen LogP contribution < -0.4 is 5.32 Å². The molecule has 3 heteroatoms. The Morgan fingerprint density at radius 2 is 1.73 bits per heavy atom. The predicted octanol–water partition coefficient (Wildman–Crippen LogP) is 2.22. The van der Waals surface area contributed by atoms with Crippen molar-refractivity contribution in [1.82, 2.24) is 0 Å². The average Bonchev–Trinajstić information content (AvgIpc) is 2.10. The van der Waals surface area contributed by atoms with E-state index in [9.17, 15) is 9.59 Å². The molecule has 80 valence electrons. The lowest BCUT2D eigenvalue weighted by Gasteiger charge is -2.10. The minimum Gasteiger partial charge on any atom is -0.325 e. The van der Waals surface area contributed by atoms with Crippen LogP contribution in [0.25, 0.3) is 0 Å². The minimum atomic E-state index is -0.250. The molecule has 1 aromatic carbocycles. The van der Waals surface area contributed by atoms with Crippen molar-refractivity contribution in [1.29, 1.82) is 0 Å². The lowest BCUT2D eigenvalue weighted by Crippen LogP contribution is -2.16. The number of rotatable bonds is 3. The molecule has 0 heterocycles. The van der Waals surface area contributed by atoms with Crippen molar-refractivity contribution in [2.75, 3.05) is 5.32 Å². The maximum absolute atomic E-state index is 11.4. The molecule has 0 saturated heterocycles. The molecule has 1 amide bonds. The number of carbonyl (C=O) groups is 2. The van der Waals surface area contributed by atoms with Gasteiger partial charge in [0.05, 0.1) is 6.42 Å². The number of ketones is 1. The first-order valence-electron chi connectivity index (χ1n) is 4.86. The molecule has 0 fully saturated rings. The van der Waals surface area contributed by atoms with Gasteiger partial charge >= 0.3 is 0 Å². The molecule has 1 rings (SSSR count). The maximum Gasteiger partial charge on any atom is 0.231 e. The second-order valence-corrected chi connectivity index (χ2v) is 3.69. The quantitative estimate of drug-likeness (QED) is 0.769. The molecular formula is C12H15NO2. The second-order valence-electron chi connectivity index (χ2n) is 3.69. The van der Waals surface area contributed by atoms with Gasteiger partial charge in [0.2, 0.25) is 5.91 Å². The molecule has 0 atom stereocenters. The van der Waals surface area contributed by atoms with E-state index in [4.69, 9.17) is 0 Å². The van der Waals surface area contributed by atoms with E-state index < -0.39 is 0 Å². The van der Waals surface area contributed by atoms with Gasteiger partial charge in [-0.1, -0.05) is 18.2 Å². The molecule has 0 saturated carbocycles. The molecule has 0 radical (unpaired) electrons. The molecule has 0 unspecified atom stereocenters. The molecule has 0 aromatic heterocycles. The summed E-state index contributed by atoms with van der Waals surface area (Å²) >= 11 is 0. The highest BCUT2D eigenvalue weighted by molar-refractivity contribution is 6.04. The number of anilines is 1. The van der Waals surface area contributed by atoms with Crippen LogP contribution >= 0.6 is 0 Å². The van der Waals surface area contributed by atoms with Crippen LogP contribution in [0.5, 0.6) is 0 Å². The smallest absolute Gasteiger partial charge is 0.231 e. The van der Waals surface area contributed by atoms with E-state index >= 15 is 0 Å². The molecule has 0 bridgehead atoms. The van der Waals surface area contributed by atoms with Crippen molar-refractivity contribution in [3.05, 3.63) is 29.3 Å². The van der Waals surface area contributed by atoms with Crippen LogP contribution in [-0.4, -0.2) is 11.7 Å². The van der Waals surface area contributed by atoms with Gasteiger partial charge < -0.3 is 5.32 Å². The molecule has 0 aliphatic carbocycles. The van der Waals surface area contributed by atoms with Crippen molar-refractivity contribution in [3.63, 3.8) is 0 Å². The summed E-state index contributed by atoms with van der Waals surface area (Å²) in [5.41, 5.74) is 2.82. The number of benzene rings is 1. The van der Waals surface area contributed by atoms with Crippen LogP contribution in [0.2, 0.25) is 0 Å². The van der Waals surface area contributed by atoms with Gasteiger partial charge in [0, 0.05) is 5.69 Å². The zero-order valence-corrected chi connectivity index (χ0v) is 9.26. The number of nitrogens with one attached hydrogen (secondary N) is 1. The Morgan fingerprint density at radius 1 is 1.20 bits per heavy atom. The van der Waals surface area contributed by atoms with Gasteiger partial charge in [0.15, 0.2) is 0 Å². The monoisotopic (exact) mass is 205 g/mol. The maximum atomic E-state index is 11.4. The van der Waals surface area contributed by atoms with Crippen LogP contribution in [0.1, 0.15) is 24.5 Å². The number of amides is 1. The summed E-state index contributed by atoms with van der Waals surface area (Å²) in [5, 5.41) is 2.75. The van der Waals surface area contributed by atoms with Crippen molar-refractivity contribution >= 4 is 17.4 Å². The predicted molar refractivity (Wildman–Crippen MR) is 59.8 cm³/mol. The molecule has 1 N–H and O–H groups in total. The van der Waals surface area contributed by atoms with Crippen LogP contribution in [0.4, 0.5) is 5.69 Å². The summed E-state index contributed by atoms with van der Waals surface area (Å²) in [6.45, 7) is 5.26. The molecule has 0 aliphatic rings. The normalized spacial score (nSPS) is 9.80. The second kappa shape index (κ2) is 4.73. The molecule has 15 heavy (non-hydrogen) atoms. The number of para-hydroxylation sites is 1. The average molecular weight is 205 g/mol. The van der Waals surface area contributed by atoms with E-state index in [-0.39, 0.29) is 18.1 Å². The summed E-state index contributed by atoms with van der Waals surface area (Å²) in [6, 6.07) is 5.79. The van der Waals surface area contributed by atoms with Gasteiger partial charge in [-0.2, -0.15) is 0 Å². The van der Waals surface area contributed by atoms with Gasteiger partial charge in [-0.05, 0) is 31.9 Å². The number of aryl methyl sites for hydroxylation is 2. The van der Waals surface area contributed by atoms with E-state index in [0.717, 1.165) is 16.8 Å². The summed E-state index contributed by atoms with van der Waals surface area (Å²) in [4.78, 5) is 22.1. The first-order valence-corrected chi connectivity index (χ1v) is 4.86. The van der Waals surface area contributed by atoms with Crippen LogP contribution in [0, 0.1) is 13.8 Å². The van der Waals surface area contributed by atoms with Gasteiger partial charge in [-0.25, -0.2) is 0 Å². The van der Waals surface area contributed by atoms with E-state index in [1.54, 1.807) is 0 Å². The fourth-order valence-corrected chi connectivity index (χ4v) is 1.42. The lowest BCUT2D eigenvalue weighted by atomic mass is 10.1. The standard InChI is InChI=1S/C12H15NO2/c1-8-5-4-6-9(2)12(8)13-11(15)7-10(3)14/h4-6H,7H2,1-3H3,(H,13,15). The highest BCUT2D eigenvalue weighted by atomic mass is 16.2. The van der Waals surface area contributed by atoms with Gasteiger partial charge in [-0.3, -0.25) is 9.59 Å². The van der Waals surface area contributed by atoms with E-state index in [2.05, 4.69) is 5.32 Å². The van der Waals surface area contributed by atoms with Crippen LogP contribution in [-0.2, 0) is 9.59 Å². The summed E-state index contributed by atoms with van der Waals surface area (Å²) in [6.07, 6.45) is -0.0617. The topological polar surface area (TPSA) is 46.2 Å². The Morgan fingerprint density at radius 3 is 2.20 bits per heavy atom. The molecule has 3 nitrogen and oxygen atoms in total. The van der Waals surface area contributed by atoms with Gasteiger partial charge in [-0.15, -0.1) is 0 Å². The Bertz CT molecular complexity index is 376. The number of carbonyl (C=O) groups excluding carboxylic acids is 2. The van der Waals surface area contributed by atoms with Crippen molar-refractivity contribution in [3.8, 4) is 0 Å². The molecule has 0 aliphatic heterocycles. The third kappa shape index (κ3) is 3.20. The minimum absolute atomic E-state index is 0.0617. The molecule has 1 aromatic rings. The van der Waals surface area contributed by atoms with Crippen molar-refractivity contribution in [2.45, 2.75) is 27.2 Å². The lowest BCUT2D eigenvalue weighted by molar-refractivity contribution is -0.124. The van der Waals surface area contributed by atoms with Crippen molar-refractivity contribution < 1.29 is 9.59 Å². The third-order valence-corrected chi connectivity index (χ3v) is 2.16. The first-order chi connectivity index (χ1) is 7.00. The van der Waals surface area contributed by atoms with E-state index in [1.807, 2.05) is 32.0 Å². The summed E-state index contributed by atoms with van der Waals surface area (Å²) in [7, 11) is 0. The van der Waals surface area contributed by atoms with E-state index in [1.165, 1.54) is 6.92 Å². The number of Topliss-reactive ketones (excluding diaryl/α,β-unsaturated/α-hetero) is 1. The highest BCUT2D eigenvalue weighted by Gasteiger charge is 2.08. The summed E-state index contributed by atoms with van der Waals surface area (Å²) in [5.74, 6) is -0.376. The van der Waals surface area contributed by atoms with Gasteiger partial charge in [0.25, 0.3) is 0 Å². The third-order valence-electron chi connectivity index (χ3n) is 2.16. The number of hydrogen-bond acceptors (Lipinski definition) is 2. The Labute approximate surface area is 89.5 Å². The molecule has 0 spiro atoms. The first kappa shape index (κ1) is 11.4. The zero-order chi connectivity index (χ0) is 11.4. The Balaban J connectivity index is 2.80. The fraction of sp³-hybridized carbons (Fsp3) is 0.333. The largest absolute Gasteiger partial charge is 0.325 e. The highest BCUT2D eigenvalue weighted by Crippen LogP contribution is 2.19. The zero-order valence-electron chi connectivity index (χ0n) is 9.26. The Kier molecular flexibility index (Phi) is 3.61. The Hall–Kier alpha value is -1.64. The van der Waals surface area contributed by atoms with Crippen molar-refractivity contribution in [2.24, 2.45) is 0 Å². The summed E-state index contributed by atoms with van der Waals surface area (Å²) < 4.78 is 0. The fourth-order valence-electron chi connectivity index (χ4n) is 1.42.